The number of halogens is 3. The zero-order valence-electron chi connectivity index (χ0n) is 17.1. The second-order valence-corrected chi connectivity index (χ2v) is 7.65. The van der Waals surface area contributed by atoms with E-state index in [4.69, 9.17) is 11.0 Å². The quantitative estimate of drug-likeness (QED) is 0.713. The number of urea groups is 2. The van der Waals surface area contributed by atoms with E-state index in [9.17, 15) is 27.6 Å². The number of allylic oxidation sites excluding steroid dienone is 1. The minimum Gasteiger partial charge on any atom is -0.351 e. The van der Waals surface area contributed by atoms with Crippen LogP contribution in [0, 0.1) is 11.3 Å². The number of nitrogens with zero attached hydrogens (tertiary/aromatic N) is 3. The molecular formula is C23H17F3N4O3. The minimum atomic E-state index is -4.65. The van der Waals surface area contributed by atoms with Crippen LogP contribution in [0.5, 0.6) is 0 Å². The maximum Gasteiger partial charge on any atom is 0.416 e. The highest BCUT2D eigenvalue weighted by atomic mass is 19.4. The fraction of sp³-hybridized carbons (Fsp3) is 0.217. The van der Waals surface area contributed by atoms with E-state index < -0.39 is 29.8 Å². The van der Waals surface area contributed by atoms with Crippen molar-refractivity contribution in [2.75, 3.05) is 4.90 Å². The number of Topliss-reactive ketones (excluding diaryl/α,β-unsaturated/α-hetero) is 1. The van der Waals surface area contributed by atoms with Gasteiger partial charge in [-0.2, -0.15) is 18.4 Å². The Hall–Kier alpha value is -4.13. The number of benzene rings is 2. The Bertz CT molecular complexity index is 1230. The van der Waals surface area contributed by atoms with Crippen LogP contribution in [0.15, 0.2) is 59.8 Å². The molecule has 2 N–H and O–H groups in total. The molecule has 2 aromatic rings. The molecule has 1 heterocycles. The Morgan fingerprint density at radius 1 is 1.09 bits per heavy atom. The number of carbonyl (C=O) groups is 3. The monoisotopic (exact) mass is 454 g/mol. The normalized spacial score (nSPS) is 18.8. The lowest BCUT2D eigenvalue weighted by Gasteiger charge is -2.43. The molecule has 1 atom stereocenters. The average Bonchev–Trinajstić information content (AvgIpc) is 2.78. The van der Waals surface area contributed by atoms with Crippen LogP contribution in [0.4, 0.5) is 28.4 Å². The number of amides is 4. The van der Waals surface area contributed by atoms with Crippen molar-refractivity contribution < 1.29 is 27.6 Å². The molecule has 2 aromatic carbocycles. The van der Waals surface area contributed by atoms with Crippen LogP contribution in [0.25, 0.3) is 0 Å². The second-order valence-electron chi connectivity index (χ2n) is 7.65. The van der Waals surface area contributed by atoms with Gasteiger partial charge < -0.3 is 5.73 Å². The molecular weight excluding hydrogens is 437 g/mol. The highest BCUT2D eigenvalue weighted by molar-refractivity contribution is 6.11. The molecule has 4 rings (SSSR count). The standard InChI is InChI=1S/C23H17F3N4O3/c24-23(25,26)15-3-1-4-16(11-15)29-17-5-2-6-18(31)19(17)20(30(21(28)32)22(29)33)14-9-7-13(12-27)8-10-14/h1,3-4,7-11,20H,2,5-6H2,(H2,28,32). The first kappa shape index (κ1) is 22.1. The molecule has 0 radical (unpaired) electrons. The van der Waals surface area contributed by atoms with Crippen LogP contribution in [0.3, 0.4) is 0 Å². The Labute approximate surface area is 186 Å². The van der Waals surface area contributed by atoms with Crippen molar-refractivity contribution in [1.82, 2.24) is 4.90 Å². The van der Waals surface area contributed by atoms with Crippen molar-refractivity contribution in [3.8, 4) is 6.07 Å². The van der Waals surface area contributed by atoms with Crippen molar-refractivity contribution >= 4 is 23.5 Å². The third-order valence-electron chi connectivity index (χ3n) is 5.65. The van der Waals surface area contributed by atoms with Crippen molar-refractivity contribution in [2.45, 2.75) is 31.5 Å². The summed E-state index contributed by atoms with van der Waals surface area (Å²) in [5.74, 6) is -0.332. The smallest absolute Gasteiger partial charge is 0.351 e. The van der Waals surface area contributed by atoms with Crippen molar-refractivity contribution in [2.24, 2.45) is 5.73 Å². The molecule has 33 heavy (non-hydrogen) atoms. The third-order valence-corrected chi connectivity index (χ3v) is 5.65. The number of imide groups is 1. The molecule has 4 amide bonds. The van der Waals surface area contributed by atoms with Gasteiger partial charge in [-0.1, -0.05) is 18.2 Å². The van der Waals surface area contributed by atoms with E-state index >= 15 is 0 Å². The molecule has 1 aliphatic heterocycles. The van der Waals surface area contributed by atoms with E-state index in [0.29, 0.717) is 22.4 Å². The summed E-state index contributed by atoms with van der Waals surface area (Å²) in [6, 6.07) is 8.80. The number of carbonyl (C=O) groups excluding carboxylic acids is 3. The molecule has 10 heteroatoms. The number of anilines is 1. The van der Waals surface area contributed by atoms with Crippen LogP contribution in [-0.4, -0.2) is 22.7 Å². The molecule has 0 saturated carbocycles. The van der Waals surface area contributed by atoms with Crippen molar-refractivity contribution in [1.29, 1.82) is 5.26 Å². The lowest BCUT2D eigenvalue weighted by atomic mass is 9.83. The molecule has 0 aromatic heterocycles. The van der Waals surface area contributed by atoms with Gasteiger partial charge in [-0.25, -0.2) is 14.5 Å². The third kappa shape index (κ3) is 3.82. The van der Waals surface area contributed by atoms with Gasteiger partial charge in [-0.15, -0.1) is 0 Å². The first-order chi connectivity index (χ1) is 15.6. The second kappa shape index (κ2) is 8.09. The summed E-state index contributed by atoms with van der Waals surface area (Å²) in [7, 11) is 0. The number of nitrogens with two attached hydrogens (primary N) is 1. The van der Waals surface area contributed by atoms with Crippen LogP contribution in [0.1, 0.15) is 42.0 Å². The van der Waals surface area contributed by atoms with Gasteiger partial charge in [-0.05, 0) is 48.7 Å². The molecule has 0 bridgehead atoms. The topological polar surface area (TPSA) is 108 Å². The number of hydrogen-bond donors (Lipinski definition) is 1. The zero-order valence-corrected chi connectivity index (χ0v) is 17.1. The summed E-state index contributed by atoms with van der Waals surface area (Å²) in [6.45, 7) is 0. The van der Waals surface area contributed by atoms with E-state index in [2.05, 4.69) is 0 Å². The average molecular weight is 454 g/mol. The summed E-state index contributed by atoms with van der Waals surface area (Å²) in [4.78, 5) is 40.5. The van der Waals surface area contributed by atoms with E-state index in [0.717, 1.165) is 23.1 Å². The predicted octanol–water partition coefficient (Wildman–Crippen LogP) is 4.65. The Morgan fingerprint density at radius 2 is 1.79 bits per heavy atom. The summed E-state index contributed by atoms with van der Waals surface area (Å²) in [6.07, 6.45) is -3.84. The van der Waals surface area contributed by atoms with Gasteiger partial charge in [0.15, 0.2) is 5.78 Å². The van der Waals surface area contributed by atoms with Gasteiger partial charge in [-0.3, -0.25) is 9.69 Å². The van der Waals surface area contributed by atoms with Gasteiger partial charge in [0, 0.05) is 17.7 Å². The summed E-state index contributed by atoms with van der Waals surface area (Å²) < 4.78 is 39.9. The number of primary amides is 1. The summed E-state index contributed by atoms with van der Waals surface area (Å²) >= 11 is 0. The molecule has 7 nitrogen and oxygen atoms in total. The Kier molecular flexibility index (Phi) is 5.41. The number of rotatable bonds is 2. The zero-order chi connectivity index (χ0) is 23.9. The van der Waals surface area contributed by atoms with Gasteiger partial charge in [0.2, 0.25) is 0 Å². The van der Waals surface area contributed by atoms with Crippen molar-refractivity contribution in [3.63, 3.8) is 0 Å². The molecule has 168 valence electrons. The Morgan fingerprint density at radius 3 is 2.39 bits per heavy atom. The predicted molar refractivity (Wildman–Crippen MR) is 111 cm³/mol. The number of ketones is 1. The lowest BCUT2D eigenvalue weighted by Crippen LogP contribution is -2.55. The number of hydrogen-bond acceptors (Lipinski definition) is 4. The number of alkyl halides is 3. The molecule has 0 saturated heterocycles. The summed E-state index contributed by atoms with van der Waals surface area (Å²) in [5, 5.41) is 9.05. The first-order valence-electron chi connectivity index (χ1n) is 10.00. The van der Waals surface area contributed by atoms with E-state index in [1.165, 1.54) is 30.3 Å². The highest BCUT2D eigenvalue weighted by Crippen LogP contribution is 2.44. The fourth-order valence-corrected chi connectivity index (χ4v) is 4.22. The van der Waals surface area contributed by atoms with Gasteiger partial charge in [0.25, 0.3) is 0 Å². The molecule has 2 aliphatic rings. The summed E-state index contributed by atoms with van der Waals surface area (Å²) in [5.41, 5.74) is 5.50. The van der Waals surface area contributed by atoms with Crippen LogP contribution in [0.2, 0.25) is 0 Å². The lowest BCUT2D eigenvalue weighted by molar-refractivity contribution is -0.137. The van der Waals surface area contributed by atoms with Crippen LogP contribution < -0.4 is 10.6 Å². The highest BCUT2D eigenvalue weighted by Gasteiger charge is 2.47. The first-order valence-corrected chi connectivity index (χ1v) is 10.00. The Balaban J connectivity index is 1.95. The minimum absolute atomic E-state index is 0.124. The molecule has 1 unspecified atom stereocenters. The van der Waals surface area contributed by atoms with Gasteiger partial charge in [0.05, 0.1) is 28.9 Å². The van der Waals surface area contributed by atoms with Crippen LogP contribution in [-0.2, 0) is 11.0 Å². The van der Waals surface area contributed by atoms with Gasteiger partial charge >= 0.3 is 18.2 Å². The molecule has 0 spiro atoms. The van der Waals surface area contributed by atoms with Gasteiger partial charge in [0.1, 0.15) is 0 Å². The van der Waals surface area contributed by atoms with E-state index in [1.54, 1.807) is 0 Å². The maximum absolute atomic E-state index is 13.5. The maximum atomic E-state index is 13.5. The molecule has 0 fully saturated rings. The van der Waals surface area contributed by atoms with E-state index in [1.807, 2.05) is 6.07 Å². The van der Waals surface area contributed by atoms with Crippen molar-refractivity contribution in [3.05, 3.63) is 76.5 Å². The van der Waals surface area contributed by atoms with E-state index in [-0.39, 0.29) is 35.6 Å². The fourth-order valence-electron chi connectivity index (χ4n) is 4.22. The largest absolute Gasteiger partial charge is 0.416 e. The number of nitriles is 1. The SMILES string of the molecule is N#Cc1ccc(C2C3=C(CCCC3=O)N(c3cccc(C(F)(F)F)c3)C(=O)N2C(N)=O)cc1. The van der Waals surface area contributed by atoms with Crippen LogP contribution >= 0.6 is 0 Å². The molecule has 1 aliphatic carbocycles.